The van der Waals surface area contributed by atoms with Crippen LogP contribution >= 0.6 is 0 Å². The minimum absolute atomic E-state index is 0.0216. The number of carbonyl (C=O) groups excluding carboxylic acids is 1. The topological polar surface area (TPSA) is 87.7 Å². The quantitative estimate of drug-likeness (QED) is 0.693. The Bertz CT molecular complexity index is 378. The Kier molecular flexibility index (Phi) is 5.45. The summed E-state index contributed by atoms with van der Waals surface area (Å²) in [5.41, 5.74) is -1.11. The van der Waals surface area contributed by atoms with E-state index in [4.69, 9.17) is 4.74 Å². The molecule has 2 rings (SSSR count). The zero-order valence-corrected chi connectivity index (χ0v) is 12.7. The molecule has 0 aromatic heterocycles. The Morgan fingerprint density at radius 3 is 2.33 bits per heavy atom. The van der Waals surface area contributed by atoms with Crippen molar-refractivity contribution in [1.82, 2.24) is 10.6 Å². The van der Waals surface area contributed by atoms with E-state index < -0.39 is 11.5 Å². The van der Waals surface area contributed by atoms with Crippen molar-refractivity contribution in [3.8, 4) is 0 Å². The molecule has 2 fully saturated rings. The first-order valence-corrected chi connectivity index (χ1v) is 7.92. The largest absolute Gasteiger partial charge is 0.480 e. The van der Waals surface area contributed by atoms with Crippen LogP contribution < -0.4 is 10.6 Å². The Hall–Kier alpha value is -1.30. The molecule has 0 spiro atoms. The van der Waals surface area contributed by atoms with E-state index in [1.165, 1.54) is 0 Å². The summed E-state index contributed by atoms with van der Waals surface area (Å²) < 4.78 is 5.35. The molecule has 0 bridgehead atoms. The first-order chi connectivity index (χ1) is 10.1. The monoisotopic (exact) mass is 298 g/mol. The Morgan fingerprint density at radius 2 is 1.76 bits per heavy atom. The molecule has 3 N–H and O–H groups in total. The van der Waals surface area contributed by atoms with Crippen molar-refractivity contribution in [3.05, 3.63) is 0 Å². The van der Waals surface area contributed by atoms with Crippen molar-refractivity contribution in [2.45, 2.75) is 75.5 Å². The van der Waals surface area contributed by atoms with Crippen LogP contribution in [0.25, 0.3) is 0 Å². The highest BCUT2D eigenvalue weighted by atomic mass is 16.5. The van der Waals surface area contributed by atoms with Crippen molar-refractivity contribution in [1.29, 1.82) is 0 Å². The predicted octanol–water partition coefficient (Wildman–Crippen LogP) is 2.03. The molecule has 0 aliphatic heterocycles. The van der Waals surface area contributed by atoms with Gasteiger partial charge in [-0.15, -0.1) is 0 Å². The van der Waals surface area contributed by atoms with Gasteiger partial charge in [-0.3, -0.25) is 0 Å². The lowest BCUT2D eigenvalue weighted by Crippen LogP contribution is -2.58. The summed E-state index contributed by atoms with van der Waals surface area (Å²) >= 11 is 0. The highest BCUT2D eigenvalue weighted by molar-refractivity contribution is 5.86. The maximum atomic E-state index is 12.2. The summed E-state index contributed by atoms with van der Waals surface area (Å²) in [6.07, 6.45) is 7.64. The third-order valence-corrected chi connectivity index (χ3v) is 4.79. The Morgan fingerprint density at radius 1 is 1.10 bits per heavy atom. The van der Waals surface area contributed by atoms with Gasteiger partial charge in [0.2, 0.25) is 0 Å². The third kappa shape index (κ3) is 3.87. The number of hydrogen-bond donors (Lipinski definition) is 3. The van der Waals surface area contributed by atoms with Crippen molar-refractivity contribution >= 4 is 12.0 Å². The fourth-order valence-electron chi connectivity index (χ4n) is 3.52. The van der Waals surface area contributed by atoms with Gasteiger partial charge in [0.25, 0.3) is 0 Å². The van der Waals surface area contributed by atoms with Crippen LogP contribution in [0.4, 0.5) is 4.79 Å². The number of carboxylic acid groups (broad SMARTS) is 1. The number of amides is 2. The fourth-order valence-corrected chi connectivity index (χ4v) is 3.52. The highest BCUT2D eigenvalue weighted by Crippen LogP contribution is 2.28. The summed E-state index contributed by atoms with van der Waals surface area (Å²) in [4.78, 5) is 23.9. The number of urea groups is 1. The molecule has 2 amide bonds. The van der Waals surface area contributed by atoms with Crippen LogP contribution in [-0.4, -0.2) is 41.9 Å². The van der Waals surface area contributed by atoms with Gasteiger partial charge in [0.05, 0.1) is 12.1 Å². The van der Waals surface area contributed by atoms with Gasteiger partial charge in [0, 0.05) is 7.11 Å². The van der Waals surface area contributed by atoms with Gasteiger partial charge in [0.15, 0.2) is 0 Å². The molecule has 120 valence electrons. The Labute approximate surface area is 125 Å². The molecule has 2 aliphatic carbocycles. The number of rotatable bonds is 4. The van der Waals surface area contributed by atoms with Crippen LogP contribution in [-0.2, 0) is 9.53 Å². The molecular weight excluding hydrogens is 272 g/mol. The molecule has 0 heterocycles. The molecular formula is C15H26N2O4. The average Bonchev–Trinajstić information content (AvgIpc) is 2.74. The maximum absolute atomic E-state index is 12.2. The summed E-state index contributed by atoms with van der Waals surface area (Å²) in [6.45, 7) is 0. The van der Waals surface area contributed by atoms with E-state index in [9.17, 15) is 14.7 Å². The van der Waals surface area contributed by atoms with Crippen LogP contribution in [0.1, 0.15) is 57.8 Å². The number of carboxylic acids is 1. The van der Waals surface area contributed by atoms with Crippen LogP contribution in [0.2, 0.25) is 0 Å². The highest BCUT2D eigenvalue weighted by Gasteiger charge is 2.41. The minimum Gasteiger partial charge on any atom is -0.480 e. The number of nitrogens with one attached hydrogen (secondary N) is 2. The van der Waals surface area contributed by atoms with E-state index in [1.807, 2.05) is 0 Å². The molecule has 0 saturated heterocycles. The van der Waals surface area contributed by atoms with E-state index in [2.05, 4.69) is 10.6 Å². The molecule has 0 aromatic rings. The lowest BCUT2D eigenvalue weighted by Gasteiger charge is -2.30. The van der Waals surface area contributed by atoms with Crippen LogP contribution in [0.3, 0.4) is 0 Å². The van der Waals surface area contributed by atoms with E-state index in [1.54, 1.807) is 7.11 Å². The first kappa shape index (κ1) is 16.1. The lowest BCUT2D eigenvalue weighted by atomic mass is 9.90. The van der Waals surface area contributed by atoms with E-state index in [0.29, 0.717) is 12.8 Å². The predicted molar refractivity (Wildman–Crippen MR) is 78.2 cm³/mol. The van der Waals surface area contributed by atoms with Gasteiger partial charge in [-0.05, 0) is 32.1 Å². The average molecular weight is 298 g/mol. The summed E-state index contributed by atoms with van der Waals surface area (Å²) in [6, 6.07) is -0.403. The van der Waals surface area contributed by atoms with Crippen LogP contribution in [0, 0.1) is 0 Å². The molecule has 2 atom stereocenters. The first-order valence-electron chi connectivity index (χ1n) is 7.92. The van der Waals surface area contributed by atoms with Crippen molar-refractivity contribution in [3.63, 3.8) is 0 Å². The summed E-state index contributed by atoms with van der Waals surface area (Å²) in [5, 5.41) is 15.2. The van der Waals surface area contributed by atoms with Gasteiger partial charge < -0.3 is 20.5 Å². The molecule has 0 radical (unpaired) electrons. The van der Waals surface area contributed by atoms with Crippen molar-refractivity contribution in [2.24, 2.45) is 0 Å². The van der Waals surface area contributed by atoms with Crippen molar-refractivity contribution < 1.29 is 19.4 Å². The van der Waals surface area contributed by atoms with E-state index >= 15 is 0 Å². The standard InChI is InChI=1S/C15H26N2O4/c1-21-12-8-6-7-11(12)16-14(20)17-15(13(18)19)9-4-2-3-5-10-15/h11-12H,2-10H2,1H3,(H,18,19)(H2,16,17,20). The number of carbonyl (C=O) groups is 2. The fraction of sp³-hybridized carbons (Fsp3) is 0.867. The van der Waals surface area contributed by atoms with Gasteiger partial charge in [-0.2, -0.15) is 0 Å². The van der Waals surface area contributed by atoms with E-state index in [-0.39, 0.29) is 18.2 Å². The molecule has 6 nitrogen and oxygen atoms in total. The number of hydrogen-bond acceptors (Lipinski definition) is 3. The molecule has 2 unspecified atom stereocenters. The number of aliphatic carboxylic acids is 1. The number of ether oxygens (including phenoxy) is 1. The van der Waals surface area contributed by atoms with Gasteiger partial charge >= 0.3 is 12.0 Å². The normalized spacial score (nSPS) is 28.6. The molecule has 21 heavy (non-hydrogen) atoms. The van der Waals surface area contributed by atoms with E-state index in [0.717, 1.165) is 44.9 Å². The SMILES string of the molecule is COC1CCCC1NC(=O)NC1(C(=O)O)CCCCCC1. The molecule has 2 aliphatic rings. The van der Waals surface area contributed by atoms with Crippen LogP contribution in [0.5, 0.6) is 0 Å². The minimum atomic E-state index is -1.11. The molecule has 0 aromatic carbocycles. The van der Waals surface area contributed by atoms with Crippen molar-refractivity contribution in [2.75, 3.05) is 7.11 Å². The van der Waals surface area contributed by atoms with Gasteiger partial charge in [-0.25, -0.2) is 9.59 Å². The number of methoxy groups -OCH3 is 1. The second kappa shape index (κ2) is 7.11. The summed E-state index contributed by atoms with van der Waals surface area (Å²) in [7, 11) is 1.65. The lowest BCUT2D eigenvalue weighted by molar-refractivity contribution is -0.145. The summed E-state index contributed by atoms with van der Waals surface area (Å²) in [5.74, 6) is -0.922. The Balaban J connectivity index is 1.96. The molecule has 6 heteroatoms. The van der Waals surface area contributed by atoms with Gasteiger partial charge in [-0.1, -0.05) is 25.7 Å². The zero-order chi connectivity index (χ0) is 15.3. The second-order valence-corrected chi connectivity index (χ2v) is 6.21. The smallest absolute Gasteiger partial charge is 0.329 e. The molecule has 2 saturated carbocycles. The maximum Gasteiger partial charge on any atom is 0.329 e. The second-order valence-electron chi connectivity index (χ2n) is 6.21. The third-order valence-electron chi connectivity index (χ3n) is 4.79. The van der Waals surface area contributed by atoms with Crippen LogP contribution in [0.15, 0.2) is 0 Å². The van der Waals surface area contributed by atoms with Gasteiger partial charge in [0.1, 0.15) is 5.54 Å². The zero-order valence-electron chi connectivity index (χ0n) is 12.7.